The van der Waals surface area contributed by atoms with Gasteiger partial charge < -0.3 is 15.3 Å². The summed E-state index contributed by atoms with van der Waals surface area (Å²) in [7, 11) is 0. The summed E-state index contributed by atoms with van der Waals surface area (Å²) in [5, 5.41) is 11.4. The number of amides is 2. The average Bonchev–Trinajstić information content (AvgIpc) is 2.12. The van der Waals surface area contributed by atoms with E-state index in [1.807, 2.05) is 0 Å². The summed E-state index contributed by atoms with van der Waals surface area (Å²) >= 11 is 0. The number of carboxylic acids is 1. The van der Waals surface area contributed by atoms with E-state index in [1.165, 1.54) is 4.90 Å². The number of carbonyl (C=O) groups excluding carboxylic acids is 1. The first kappa shape index (κ1) is 14.7. The minimum atomic E-state index is -0.993. The maximum absolute atomic E-state index is 11.7. The van der Waals surface area contributed by atoms with Crippen LogP contribution in [0.2, 0.25) is 0 Å². The van der Waals surface area contributed by atoms with E-state index in [4.69, 9.17) is 5.11 Å². The van der Waals surface area contributed by atoms with Gasteiger partial charge in [0, 0.05) is 12.6 Å². The van der Waals surface area contributed by atoms with Gasteiger partial charge in [0.2, 0.25) is 0 Å². The van der Waals surface area contributed by atoms with E-state index >= 15 is 0 Å². The molecule has 0 fully saturated rings. The summed E-state index contributed by atoms with van der Waals surface area (Å²) in [4.78, 5) is 23.5. The predicted octanol–water partition coefficient (Wildman–Crippen LogP) is 1.54. The normalized spacial score (nSPS) is 10.6. The van der Waals surface area contributed by atoms with Gasteiger partial charge >= 0.3 is 12.0 Å². The molecule has 0 aliphatic rings. The van der Waals surface area contributed by atoms with E-state index in [0.717, 1.165) is 6.42 Å². The lowest BCUT2D eigenvalue weighted by atomic mass is 10.1. The number of nitrogens with zero attached hydrogens (tertiary/aromatic N) is 1. The zero-order valence-electron chi connectivity index (χ0n) is 10.5. The zero-order valence-corrected chi connectivity index (χ0v) is 10.5. The summed E-state index contributed by atoms with van der Waals surface area (Å²) in [6.45, 7) is 8.06. The van der Waals surface area contributed by atoms with Gasteiger partial charge in [0.25, 0.3) is 0 Å². The number of carbonyl (C=O) groups is 2. The van der Waals surface area contributed by atoms with Gasteiger partial charge in [-0.15, -0.1) is 0 Å². The zero-order chi connectivity index (χ0) is 12.7. The summed E-state index contributed by atoms with van der Waals surface area (Å²) in [5.74, 6) is -0.472. The minimum absolute atomic E-state index is 0.116. The Bertz CT molecular complexity index is 239. The van der Waals surface area contributed by atoms with E-state index in [0.29, 0.717) is 12.5 Å². The molecule has 0 bridgehead atoms. The van der Waals surface area contributed by atoms with Crippen molar-refractivity contribution in [1.82, 2.24) is 10.2 Å². The van der Waals surface area contributed by atoms with E-state index in [9.17, 15) is 9.59 Å². The standard InChI is InChI=1S/C11H22N2O3/c1-8(2)5-6-12-11(16)13(9(3)4)7-10(14)15/h8-9H,5-7H2,1-4H3,(H,12,16)(H,14,15). The first-order valence-electron chi connectivity index (χ1n) is 5.60. The summed E-state index contributed by atoms with van der Waals surface area (Å²) in [6.07, 6.45) is 0.894. The van der Waals surface area contributed by atoms with Gasteiger partial charge in [-0.25, -0.2) is 4.79 Å². The van der Waals surface area contributed by atoms with Gasteiger partial charge in [-0.1, -0.05) is 13.8 Å². The van der Waals surface area contributed by atoms with E-state index in [2.05, 4.69) is 19.2 Å². The molecule has 5 heteroatoms. The van der Waals surface area contributed by atoms with Gasteiger partial charge in [-0.05, 0) is 26.2 Å². The molecule has 0 aromatic heterocycles. The van der Waals surface area contributed by atoms with Crippen LogP contribution < -0.4 is 5.32 Å². The molecule has 0 aliphatic carbocycles. The molecule has 2 N–H and O–H groups in total. The van der Waals surface area contributed by atoms with Crippen LogP contribution in [0.15, 0.2) is 0 Å². The fourth-order valence-corrected chi connectivity index (χ4v) is 1.20. The van der Waals surface area contributed by atoms with Gasteiger partial charge in [-0.3, -0.25) is 4.79 Å². The molecule has 0 aliphatic heterocycles. The van der Waals surface area contributed by atoms with Crippen molar-refractivity contribution in [2.45, 2.75) is 40.2 Å². The summed E-state index contributed by atoms with van der Waals surface area (Å²) in [6, 6.07) is -0.423. The quantitative estimate of drug-likeness (QED) is 0.727. The highest BCUT2D eigenvalue weighted by atomic mass is 16.4. The Morgan fingerprint density at radius 1 is 1.25 bits per heavy atom. The van der Waals surface area contributed by atoms with Crippen molar-refractivity contribution >= 4 is 12.0 Å². The lowest BCUT2D eigenvalue weighted by Gasteiger charge is -2.25. The van der Waals surface area contributed by atoms with E-state index in [-0.39, 0.29) is 18.6 Å². The summed E-state index contributed by atoms with van der Waals surface area (Å²) < 4.78 is 0. The van der Waals surface area contributed by atoms with Crippen LogP contribution in [0, 0.1) is 5.92 Å². The Morgan fingerprint density at radius 3 is 2.19 bits per heavy atom. The fraction of sp³-hybridized carbons (Fsp3) is 0.818. The van der Waals surface area contributed by atoms with Crippen LogP contribution in [0.25, 0.3) is 0 Å². The largest absolute Gasteiger partial charge is 0.480 e. The van der Waals surface area contributed by atoms with Crippen LogP contribution in [0.1, 0.15) is 34.1 Å². The first-order chi connectivity index (χ1) is 7.34. The van der Waals surface area contributed by atoms with Crippen LogP contribution in [0.4, 0.5) is 4.79 Å². The molecular weight excluding hydrogens is 208 g/mol. The molecule has 0 aromatic rings. The van der Waals surface area contributed by atoms with Gasteiger partial charge in [-0.2, -0.15) is 0 Å². The maximum atomic E-state index is 11.7. The third-order valence-electron chi connectivity index (χ3n) is 2.19. The lowest BCUT2D eigenvalue weighted by Crippen LogP contribution is -2.46. The molecule has 0 rings (SSSR count). The topological polar surface area (TPSA) is 69.6 Å². The van der Waals surface area contributed by atoms with E-state index < -0.39 is 5.97 Å². The molecule has 0 unspecified atom stereocenters. The number of aliphatic carboxylic acids is 1. The number of urea groups is 1. The number of nitrogens with one attached hydrogen (secondary N) is 1. The highest BCUT2D eigenvalue weighted by Crippen LogP contribution is 2.00. The van der Waals surface area contributed by atoms with Crippen LogP contribution in [-0.4, -0.2) is 41.1 Å². The lowest BCUT2D eigenvalue weighted by molar-refractivity contribution is -0.138. The van der Waals surface area contributed by atoms with E-state index in [1.54, 1.807) is 13.8 Å². The van der Waals surface area contributed by atoms with Gasteiger partial charge in [0.15, 0.2) is 0 Å². The molecule has 0 atom stereocenters. The van der Waals surface area contributed by atoms with Crippen LogP contribution in [0.5, 0.6) is 0 Å². The monoisotopic (exact) mass is 230 g/mol. The molecule has 0 saturated carbocycles. The first-order valence-corrected chi connectivity index (χ1v) is 5.60. The molecule has 0 heterocycles. The fourth-order valence-electron chi connectivity index (χ4n) is 1.20. The second kappa shape index (κ2) is 7.09. The Morgan fingerprint density at radius 2 is 1.81 bits per heavy atom. The second-order valence-corrected chi connectivity index (χ2v) is 4.53. The van der Waals surface area contributed by atoms with Crippen molar-refractivity contribution in [3.8, 4) is 0 Å². The number of hydrogen-bond acceptors (Lipinski definition) is 2. The van der Waals surface area contributed by atoms with Crippen molar-refractivity contribution < 1.29 is 14.7 Å². The molecular formula is C11H22N2O3. The van der Waals surface area contributed by atoms with Crippen molar-refractivity contribution in [1.29, 1.82) is 0 Å². The second-order valence-electron chi connectivity index (χ2n) is 4.53. The Hall–Kier alpha value is -1.26. The molecule has 0 spiro atoms. The molecule has 2 amide bonds. The minimum Gasteiger partial charge on any atom is -0.480 e. The molecule has 0 radical (unpaired) electrons. The Kier molecular flexibility index (Phi) is 6.53. The molecule has 94 valence electrons. The maximum Gasteiger partial charge on any atom is 0.323 e. The molecule has 0 saturated heterocycles. The highest BCUT2D eigenvalue weighted by molar-refractivity contribution is 5.80. The van der Waals surface area contributed by atoms with Crippen LogP contribution >= 0.6 is 0 Å². The van der Waals surface area contributed by atoms with Crippen molar-refractivity contribution in [2.75, 3.05) is 13.1 Å². The summed E-state index contributed by atoms with van der Waals surface area (Å²) in [5.41, 5.74) is 0. The number of hydrogen-bond donors (Lipinski definition) is 2. The van der Waals surface area contributed by atoms with Gasteiger partial charge in [0.05, 0.1) is 0 Å². The molecule has 16 heavy (non-hydrogen) atoms. The number of rotatable bonds is 6. The third-order valence-corrected chi connectivity index (χ3v) is 2.19. The Labute approximate surface area is 96.8 Å². The molecule has 5 nitrogen and oxygen atoms in total. The predicted molar refractivity (Wildman–Crippen MR) is 62.3 cm³/mol. The van der Waals surface area contributed by atoms with Crippen LogP contribution in [0.3, 0.4) is 0 Å². The highest BCUT2D eigenvalue weighted by Gasteiger charge is 2.19. The van der Waals surface area contributed by atoms with Crippen molar-refractivity contribution in [3.63, 3.8) is 0 Å². The van der Waals surface area contributed by atoms with Crippen LogP contribution in [-0.2, 0) is 4.79 Å². The SMILES string of the molecule is CC(C)CCNC(=O)N(CC(=O)O)C(C)C. The van der Waals surface area contributed by atoms with Gasteiger partial charge in [0.1, 0.15) is 6.54 Å². The third kappa shape index (κ3) is 6.27. The number of carboxylic acid groups (broad SMARTS) is 1. The Balaban J connectivity index is 4.12. The smallest absolute Gasteiger partial charge is 0.323 e. The average molecular weight is 230 g/mol. The van der Waals surface area contributed by atoms with Crippen molar-refractivity contribution in [3.05, 3.63) is 0 Å². The molecule has 0 aromatic carbocycles. The van der Waals surface area contributed by atoms with Crippen molar-refractivity contribution in [2.24, 2.45) is 5.92 Å².